The lowest BCUT2D eigenvalue weighted by atomic mass is 9.98. The van der Waals surface area contributed by atoms with Gasteiger partial charge < -0.3 is 4.74 Å². The molecule has 2 saturated heterocycles. The van der Waals surface area contributed by atoms with Gasteiger partial charge in [0.1, 0.15) is 4.21 Å². The second-order valence-corrected chi connectivity index (χ2v) is 13.5. The zero-order chi connectivity index (χ0) is 25.1. The smallest absolute Gasteiger partial charge is 0.252 e. The molecule has 2 aliphatic heterocycles. The van der Waals surface area contributed by atoms with Crippen LogP contribution in [-0.2, 0) is 19.6 Å². The van der Waals surface area contributed by atoms with Crippen LogP contribution in [0.15, 0.2) is 39.9 Å². The van der Waals surface area contributed by atoms with E-state index in [9.17, 15) is 13.2 Å². The standard InChI is InChI=1S/C25H32N4O4S3/c1-19-7-8-21-22(17-19)35-25(26-21)29(11-4-9-27-12-14-33-15-13-27)24(30)20-5-2-10-28(18-20)36(31,32)23-6-3-16-34-23/h3,6-8,16-17,20H,2,4-5,9-15,18H2,1H3. The molecular formula is C25H32N4O4S3. The van der Waals surface area contributed by atoms with Crippen LogP contribution in [0.5, 0.6) is 0 Å². The van der Waals surface area contributed by atoms with Crippen molar-refractivity contribution in [3.63, 3.8) is 0 Å². The zero-order valence-corrected chi connectivity index (χ0v) is 22.9. The summed E-state index contributed by atoms with van der Waals surface area (Å²) >= 11 is 2.75. The second-order valence-electron chi connectivity index (χ2n) is 9.40. The first-order chi connectivity index (χ1) is 17.4. The quantitative estimate of drug-likeness (QED) is 0.426. The first-order valence-corrected chi connectivity index (χ1v) is 15.6. The molecular weight excluding hydrogens is 517 g/mol. The van der Waals surface area contributed by atoms with Gasteiger partial charge in [-0.2, -0.15) is 4.31 Å². The summed E-state index contributed by atoms with van der Waals surface area (Å²) in [7, 11) is -3.58. The van der Waals surface area contributed by atoms with Crippen molar-refractivity contribution in [3.05, 3.63) is 41.3 Å². The number of hydrogen-bond acceptors (Lipinski definition) is 8. The number of aryl methyl sites for hydroxylation is 1. The van der Waals surface area contributed by atoms with E-state index < -0.39 is 10.0 Å². The van der Waals surface area contributed by atoms with Crippen LogP contribution in [-0.4, -0.2) is 81.0 Å². The van der Waals surface area contributed by atoms with Crippen LogP contribution in [0.4, 0.5) is 5.13 Å². The Morgan fingerprint density at radius 3 is 2.83 bits per heavy atom. The molecule has 0 aliphatic carbocycles. The van der Waals surface area contributed by atoms with Gasteiger partial charge in [-0.1, -0.05) is 23.5 Å². The summed E-state index contributed by atoms with van der Waals surface area (Å²) < 4.78 is 34.6. The summed E-state index contributed by atoms with van der Waals surface area (Å²) in [5, 5.41) is 2.46. The molecule has 1 amide bonds. The van der Waals surface area contributed by atoms with Crippen LogP contribution in [0.2, 0.25) is 0 Å². The van der Waals surface area contributed by atoms with Crippen molar-refractivity contribution in [2.75, 3.05) is 57.4 Å². The summed E-state index contributed by atoms with van der Waals surface area (Å²) in [5.74, 6) is -0.413. The maximum absolute atomic E-state index is 13.9. The Morgan fingerprint density at radius 1 is 1.22 bits per heavy atom. The number of fused-ring (bicyclic) bond motifs is 1. The minimum atomic E-state index is -3.58. The molecule has 1 atom stereocenters. The van der Waals surface area contributed by atoms with E-state index in [2.05, 4.69) is 17.9 Å². The van der Waals surface area contributed by atoms with Crippen molar-refractivity contribution < 1.29 is 17.9 Å². The van der Waals surface area contributed by atoms with Crippen molar-refractivity contribution in [2.45, 2.75) is 30.4 Å². The van der Waals surface area contributed by atoms with Gasteiger partial charge in [-0.25, -0.2) is 13.4 Å². The Bertz CT molecular complexity index is 1290. The summed E-state index contributed by atoms with van der Waals surface area (Å²) in [6, 6.07) is 9.51. The molecule has 11 heteroatoms. The Hall–Kier alpha value is -1.89. The van der Waals surface area contributed by atoms with E-state index in [0.29, 0.717) is 35.3 Å². The highest BCUT2D eigenvalue weighted by atomic mass is 32.2. The number of anilines is 1. The van der Waals surface area contributed by atoms with Crippen LogP contribution in [0.25, 0.3) is 10.2 Å². The number of piperidine rings is 1. The lowest BCUT2D eigenvalue weighted by Crippen LogP contribution is -2.47. The molecule has 0 saturated carbocycles. The number of carbonyl (C=O) groups excluding carboxylic acids is 1. The van der Waals surface area contributed by atoms with Gasteiger partial charge in [0.2, 0.25) is 5.91 Å². The van der Waals surface area contributed by atoms with E-state index in [1.54, 1.807) is 17.5 Å². The molecule has 2 aliphatic rings. The third kappa shape index (κ3) is 5.66. The lowest BCUT2D eigenvalue weighted by molar-refractivity contribution is -0.123. The van der Waals surface area contributed by atoms with E-state index in [-0.39, 0.29) is 18.4 Å². The Balaban J connectivity index is 1.35. The average molecular weight is 549 g/mol. The highest BCUT2D eigenvalue weighted by molar-refractivity contribution is 7.91. The first kappa shape index (κ1) is 25.7. The van der Waals surface area contributed by atoms with Gasteiger partial charge in [-0.3, -0.25) is 14.6 Å². The van der Waals surface area contributed by atoms with E-state index in [1.807, 2.05) is 17.0 Å². The number of amides is 1. The first-order valence-electron chi connectivity index (χ1n) is 12.4. The van der Waals surface area contributed by atoms with E-state index in [4.69, 9.17) is 9.72 Å². The third-order valence-electron chi connectivity index (χ3n) is 6.81. The molecule has 36 heavy (non-hydrogen) atoms. The fourth-order valence-electron chi connectivity index (χ4n) is 4.83. The van der Waals surface area contributed by atoms with Gasteiger partial charge in [-0.15, -0.1) is 11.3 Å². The fraction of sp³-hybridized carbons (Fsp3) is 0.520. The number of thiophene rings is 1. The fourth-order valence-corrected chi connectivity index (χ4v) is 8.60. The number of sulfonamides is 1. The highest BCUT2D eigenvalue weighted by Gasteiger charge is 2.36. The number of nitrogens with zero attached hydrogens (tertiary/aromatic N) is 4. The van der Waals surface area contributed by atoms with Gasteiger partial charge in [0.05, 0.1) is 29.3 Å². The zero-order valence-electron chi connectivity index (χ0n) is 20.5. The lowest BCUT2D eigenvalue weighted by Gasteiger charge is -2.34. The largest absolute Gasteiger partial charge is 0.379 e. The minimum Gasteiger partial charge on any atom is -0.379 e. The highest BCUT2D eigenvalue weighted by Crippen LogP contribution is 2.33. The number of rotatable bonds is 8. The number of benzene rings is 1. The molecule has 5 rings (SSSR count). The topological polar surface area (TPSA) is 83.1 Å². The number of ether oxygens (including phenoxy) is 1. The summed E-state index contributed by atoms with van der Waals surface area (Å²) in [6.07, 6.45) is 2.17. The van der Waals surface area contributed by atoms with Gasteiger partial charge in [-0.05, 0) is 55.3 Å². The Kier molecular flexibility index (Phi) is 8.04. The number of carbonyl (C=O) groups is 1. The number of morpholine rings is 1. The van der Waals surface area contributed by atoms with Crippen LogP contribution in [0, 0.1) is 12.8 Å². The molecule has 4 heterocycles. The van der Waals surface area contributed by atoms with Gasteiger partial charge >= 0.3 is 0 Å². The Labute approximate surface area is 220 Å². The predicted octanol–water partition coefficient (Wildman–Crippen LogP) is 3.82. The summed E-state index contributed by atoms with van der Waals surface area (Å²) in [4.78, 5) is 22.9. The molecule has 8 nitrogen and oxygen atoms in total. The number of thiazole rings is 1. The van der Waals surface area contributed by atoms with Gasteiger partial charge in [0.25, 0.3) is 10.0 Å². The van der Waals surface area contributed by atoms with Crippen molar-refractivity contribution in [3.8, 4) is 0 Å². The van der Waals surface area contributed by atoms with Crippen molar-refractivity contribution in [1.82, 2.24) is 14.2 Å². The molecule has 2 fully saturated rings. The van der Waals surface area contributed by atoms with Crippen LogP contribution < -0.4 is 4.90 Å². The van der Waals surface area contributed by atoms with E-state index >= 15 is 0 Å². The Morgan fingerprint density at radius 2 is 2.06 bits per heavy atom. The SMILES string of the molecule is Cc1ccc2nc(N(CCCN3CCOCC3)C(=O)C3CCCN(S(=O)(=O)c4cccs4)C3)sc2c1. The maximum atomic E-state index is 13.9. The maximum Gasteiger partial charge on any atom is 0.252 e. The molecule has 194 valence electrons. The number of hydrogen-bond donors (Lipinski definition) is 0. The van der Waals surface area contributed by atoms with E-state index in [0.717, 1.165) is 55.0 Å². The number of aromatic nitrogens is 1. The van der Waals surface area contributed by atoms with E-state index in [1.165, 1.54) is 27.0 Å². The minimum absolute atomic E-state index is 0.0289. The molecule has 0 spiro atoms. The predicted molar refractivity (Wildman–Crippen MR) is 144 cm³/mol. The molecule has 3 aromatic rings. The molecule has 0 N–H and O–H groups in total. The molecule has 1 aromatic carbocycles. The van der Waals surface area contributed by atoms with Crippen molar-refractivity contribution in [2.24, 2.45) is 5.92 Å². The van der Waals surface area contributed by atoms with Gasteiger partial charge in [0, 0.05) is 39.3 Å². The summed E-state index contributed by atoms with van der Waals surface area (Å²) in [6.45, 7) is 7.47. The van der Waals surface area contributed by atoms with Crippen LogP contribution in [0.1, 0.15) is 24.8 Å². The molecule has 2 aromatic heterocycles. The third-order valence-corrected chi connectivity index (χ3v) is 11.1. The second kappa shape index (κ2) is 11.2. The monoisotopic (exact) mass is 548 g/mol. The molecule has 0 bridgehead atoms. The van der Waals surface area contributed by atoms with Crippen LogP contribution in [0.3, 0.4) is 0 Å². The average Bonchev–Trinajstić information content (AvgIpc) is 3.58. The van der Waals surface area contributed by atoms with Crippen LogP contribution >= 0.6 is 22.7 Å². The summed E-state index contributed by atoms with van der Waals surface area (Å²) in [5.41, 5.74) is 2.04. The molecule has 0 radical (unpaired) electrons. The van der Waals surface area contributed by atoms with Crippen molar-refractivity contribution >= 4 is 54.0 Å². The van der Waals surface area contributed by atoms with Crippen molar-refractivity contribution in [1.29, 1.82) is 0 Å². The normalized spacial score (nSPS) is 20.1. The molecule has 1 unspecified atom stereocenters. The van der Waals surface area contributed by atoms with Gasteiger partial charge in [0.15, 0.2) is 5.13 Å².